The Morgan fingerprint density at radius 1 is 1.17 bits per heavy atom. The number of nitrogens with zero attached hydrogens (tertiary/aromatic N) is 6. The van der Waals surface area contributed by atoms with Crippen molar-refractivity contribution >= 4 is 46.9 Å². The van der Waals surface area contributed by atoms with E-state index in [0.29, 0.717) is 45.9 Å². The topological polar surface area (TPSA) is 145 Å². The zero-order chi connectivity index (χ0) is 28.7. The third-order valence-electron chi connectivity index (χ3n) is 8.71. The number of primary amides is 1. The minimum atomic E-state index is -1.12. The van der Waals surface area contributed by atoms with Crippen molar-refractivity contribution in [3.05, 3.63) is 35.9 Å². The molecule has 3 fully saturated rings. The molecule has 12 heteroatoms. The van der Waals surface area contributed by atoms with Gasteiger partial charge in [0.25, 0.3) is 5.90 Å². The highest BCUT2D eigenvalue weighted by atomic mass is 35.5. The molecule has 11 nitrogen and oxygen atoms in total. The van der Waals surface area contributed by atoms with Gasteiger partial charge in [0.15, 0.2) is 5.65 Å². The summed E-state index contributed by atoms with van der Waals surface area (Å²) >= 11 is 6.31. The molecule has 41 heavy (non-hydrogen) atoms. The van der Waals surface area contributed by atoms with Gasteiger partial charge in [-0.1, -0.05) is 50.8 Å². The molecule has 4 unspecified atom stereocenters. The van der Waals surface area contributed by atoms with Gasteiger partial charge in [0.05, 0.1) is 29.8 Å². The number of fused-ring (bicyclic) bond motifs is 2. The van der Waals surface area contributed by atoms with Crippen molar-refractivity contribution in [3.63, 3.8) is 0 Å². The van der Waals surface area contributed by atoms with Gasteiger partial charge in [-0.25, -0.2) is 14.8 Å². The number of aromatic nitrogens is 5. The highest BCUT2D eigenvalue weighted by molar-refractivity contribution is 6.30. The SMILES string of the molecule is C=Cn1c(N2C(C3CCC[C@H](C)C3)COC3CCCCC32)nc2nc(C(=N)OC(N)=O)nc(-c3cncc(Cl)c3)c21. The second-order valence-corrected chi connectivity index (χ2v) is 11.8. The lowest BCUT2D eigenvalue weighted by Crippen LogP contribution is -2.61. The van der Waals surface area contributed by atoms with Gasteiger partial charge >= 0.3 is 6.09 Å². The molecule has 1 amide bonds. The van der Waals surface area contributed by atoms with Gasteiger partial charge in [0.1, 0.15) is 11.2 Å². The molecule has 5 atom stereocenters. The molecule has 1 aliphatic heterocycles. The molecular weight excluding hydrogens is 544 g/mol. The zero-order valence-electron chi connectivity index (χ0n) is 23.1. The van der Waals surface area contributed by atoms with Gasteiger partial charge in [0, 0.05) is 24.2 Å². The number of anilines is 1. The number of pyridine rings is 1. The van der Waals surface area contributed by atoms with Crippen LogP contribution in [-0.4, -0.2) is 61.3 Å². The van der Waals surface area contributed by atoms with Crippen molar-refractivity contribution in [2.45, 2.75) is 76.5 Å². The fourth-order valence-electron chi connectivity index (χ4n) is 6.97. The molecule has 6 rings (SSSR count). The third-order valence-corrected chi connectivity index (χ3v) is 8.92. The highest BCUT2D eigenvalue weighted by Crippen LogP contribution is 2.42. The van der Waals surface area contributed by atoms with Gasteiger partial charge in [-0.05, 0) is 43.6 Å². The normalized spacial score (nSPS) is 26.4. The number of nitrogens with one attached hydrogen (secondary N) is 1. The van der Waals surface area contributed by atoms with Crippen LogP contribution in [0.1, 0.15) is 64.1 Å². The Labute approximate surface area is 243 Å². The summed E-state index contributed by atoms with van der Waals surface area (Å²) in [5, 5.41) is 8.70. The predicted octanol–water partition coefficient (Wildman–Crippen LogP) is 5.41. The van der Waals surface area contributed by atoms with E-state index in [2.05, 4.69) is 33.4 Å². The number of carbonyl (C=O) groups excluding carboxylic acids is 1. The molecule has 0 bridgehead atoms. The van der Waals surface area contributed by atoms with E-state index in [1.165, 1.54) is 19.0 Å². The number of hydrogen-bond acceptors (Lipinski definition) is 9. The maximum absolute atomic E-state index is 11.4. The Morgan fingerprint density at radius 2 is 2.00 bits per heavy atom. The standard InChI is InChI=1S/C29H35ClN8O3/c1-3-37-24-23(18-12-19(30)14-33-13-18)34-27(25(31)41-28(32)39)35-26(24)36-29(37)38-20-9-4-5-10-22(20)40-15-21(38)17-8-6-7-16(2)11-17/h3,12-14,16-17,20-22,31H,1,4-11,15H2,2H3,(H2,32,39)/t16-,17?,20?,21?,22?/m0/s1. The molecule has 4 heterocycles. The monoisotopic (exact) mass is 578 g/mol. The van der Waals surface area contributed by atoms with Crippen molar-refractivity contribution in [1.29, 1.82) is 5.41 Å². The van der Waals surface area contributed by atoms with Crippen LogP contribution in [0.5, 0.6) is 0 Å². The number of carbonyl (C=O) groups is 1. The lowest BCUT2D eigenvalue weighted by Gasteiger charge is -2.51. The van der Waals surface area contributed by atoms with Crippen LogP contribution in [0.25, 0.3) is 28.6 Å². The van der Waals surface area contributed by atoms with E-state index in [1.54, 1.807) is 18.5 Å². The minimum Gasteiger partial charge on any atom is -0.388 e. The Kier molecular flexibility index (Phi) is 7.65. The third kappa shape index (κ3) is 5.28. The van der Waals surface area contributed by atoms with Crippen LogP contribution in [0.4, 0.5) is 10.7 Å². The molecular formula is C29H35ClN8O3. The average molecular weight is 579 g/mol. The first-order valence-electron chi connectivity index (χ1n) is 14.3. The summed E-state index contributed by atoms with van der Waals surface area (Å²) in [5.41, 5.74) is 7.16. The number of amides is 1. The maximum Gasteiger partial charge on any atom is 0.411 e. The summed E-state index contributed by atoms with van der Waals surface area (Å²) in [7, 11) is 0. The number of rotatable bonds is 5. The van der Waals surface area contributed by atoms with Gasteiger partial charge in [-0.15, -0.1) is 0 Å². The van der Waals surface area contributed by atoms with Gasteiger partial charge in [-0.3, -0.25) is 15.0 Å². The van der Waals surface area contributed by atoms with Crippen LogP contribution in [0.15, 0.2) is 25.0 Å². The quantitative estimate of drug-likeness (QED) is 0.302. The summed E-state index contributed by atoms with van der Waals surface area (Å²) in [5.74, 6) is 1.18. The summed E-state index contributed by atoms with van der Waals surface area (Å²) in [4.78, 5) is 32.4. The van der Waals surface area contributed by atoms with Crippen molar-refractivity contribution < 1.29 is 14.3 Å². The largest absolute Gasteiger partial charge is 0.411 e. The van der Waals surface area contributed by atoms with Crippen LogP contribution in [0, 0.1) is 17.2 Å². The van der Waals surface area contributed by atoms with E-state index in [0.717, 1.165) is 44.5 Å². The van der Waals surface area contributed by atoms with E-state index >= 15 is 0 Å². The molecule has 216 valence electrons. The molecule has 3 N–H and O–H groups in total. The van der Waals surface area contributed by atoms with Crippen molar-refractivity contribution in [2.24, 2.45) is 17.6 Å². The summed E-state index contributed by atoms with van der Waals surface area (Å²) in [6.07, 6.45) is 13.0. The lowest BCUT2D eigenvalue weighted by molar-refractivity contribution is -0.0430. The second kappa shape index (κ2) is 11.4. The molecule has 1 saturated heterocycles. The molecule has 0 radical (unpaired) electrons. The Bertz CT molecular complexity index is 1490. The van der Waals surface area contributed by atoms with Gasteiger partial charge in [0.2, 0.25) is 11.8 Å². The number of morpholine rings is 1. The summed E-state index contributed by atoms with van der Waals surface area (Å²) < 4.78 is 13.3. The van der Waals surface area contributed by atoms with E-state index in [-0.39, 0.29) is 24.0 Å². The molecule has 3 aliphatic rings. The van der Waals surface area contributed by atoms with Crippen molar-refractivity contribution in [2.75, 3.05) is 11.5 Å². The number of nitrogens with two attached hydrogens (primary N) is 1. The van der Waals surface area contributed by atoms with Gasteiger partial charge in [-0.2, -0.15) is 4.98 Å². The van der Waals surface area contributed by atoms with Crippen LogP contribution in [-0.2, 0) is 9.47 Å². The fourth-order valence-corrected chi connectivity index (χ4v) is 7.14. The first-order chi connectivity index (χ1) is 19.8. The molecule has 2 aliphatic carbocycles. The van der Waals surface area contributed by atoms with Crippen LogP contribution in [0.3, 0.4) is 0 Å². The van der Waals surface area contributed by atoms with Crippen molar-refractivity contribution in [1.82, 2.24) is 24.5 Å². The van der Waals surface area contributed by atoms with E-state index in [9.17, 15) is 4.79 Å². The second-order valence-electron chi connectivity index (χ2n) is 11.4. The van der Waals surface area contributed by atoms with E-state index < -0.39 is 12.0 Å². The van der Waals surface area contributed by atoms with Crippen molar-refractivity contribution in [3.8, 4) is 11.3 Å². The van der Waals surface area contributed by atoms with Gasteiger partial charge < -0.3 is 20.1 Å². The molecule has 3 aromatic rings. The van der Waals surface area contributed by atoms with Crippen LogP contribution >= 0.6 is 11.6 Å². The number of halogens is 1. The van der Waals surface area contributed by atoms with Crippen LogP contribution < -0.4 is 10.6 Å². The molecule has 0 spiro atoms. The number of ether oxygens (including phenoxy) is 2. The fraction of sp³-hybridized carbons (Fsp3) is 0.517. The lowest BCUT2D eigenvalue weighted by atomic mass is 9.76. The predicted molar refractivity (Wildman–Crippen MR) is 157 cm³/mol. The maximum atomic E-state index is 11.4. The minimum absolute atomic E-state index is 0.123. The number of imidazole rings is 1. The summed E-state index contributed by atoms with van der Waals surface area (Å²) in [6.45, 7) is 7.14. The zero-order valence-corrected chi connectivity index (χ0v) is 23.9. The van der Waals surface area contributed by atoms with E-state index in [1.807, 2.05) is 4.57 Å². The smallest absolute Gasteiger partial charge is 0.388 e. The number of hydrogen-bond donors (Lipinski definition) is 2. The molecule has 2 saturated carbocycles. The molecule has 0 aromatic carbocycles. The summed E-state index contributed by atoms with van der Waals surface area (Å²) in [6, 6.07) is 2.07. The Balaban J connectivity index is 1.55. The highest BCUT2D eigenvalue weighted by Gasteiger charge is 2.45. The Hall–Kier alpha value is -3.57. The average Bonchev–Trinajstić information content (AvgIpc) is 3.34. The first-order valence-corrected chi connectivity index (χ1v) is 14.7. The first kappa shape index (κ1) is 27.6. The van der Waals surface area contributed by atoms with E-state index in [4.69, 9.17) is 37.2 Å². The van der Waals surface area contributed by atoms with Crippen LogP contribution in [0.2, 0.25) is 5.02 Å². The molecule has 3 aromatic heterocycles. The Morgan fingerprint density at radius 3 is 2.76 bits per heavy atom.